The third-order valence-corrected chi connectivity index (χ3v) is 5.60. The van der Waals surface area contributed by atoms with Crippen LogP contribution in [0, 0.1) is 6.92 Å². The number of rotatable bonds is 5. The Balaban J connectivity index is 1.59. The van der Waals surface area contributed by atoms with Crippen LogP contribution >= 0.6 is 11.3 Å². The summed E-state index contributed by atoms with van der Waals surface area (Å²) in [7, 11) is 1.30. The molecule has 0 amide bonds. The molecule has 1 atom stereocenters. The second kappa shape index (κ2) is 8.49. The molecule has 144 valence electrons. The van der Waals surface area contributed by atoms with E-state index in [9.17, 15) is 9.59 Å². The number of carbonyl (C=O) groups excluding carboxylic acids is 2. The van der Waals surface area contributed by atoms with Crippen molar-refractivity contribution in [2.24, 2.45) is 0 Å². The second-order valence-corrected chi connectivity index (χ2v) is 7.22. The summed E-state index contributed by atoms with van der Waals surface area (Å²) in [5, 5.41) is 3.06. The zero-order valence-electron chi connectivity index (χ0n) is 15.7. The van der Waals surface area contributed by atoms with Gasteiger partial charge in [0.15, 0.2) is 5.13 Å². The number of hydrogen-bond acceptors (Lipinski definition) is 8. The molecule has 1 fully saturated rings. The number of methoxy groups -OCH3 is 1. The van der Waals surface area contributed by atoms with Gasteiger partial charge in [-0.15, -0.1) is 11.3 Å². The number of para-hydroxylation sites is 1. The van der Waals surface area contributed by atoms with Crippen molar-refractivity contribution in [3.8, 4) is 5.75 Å². The smallest absolute Gasteiger partial charge is 0.341 e. The number of nitrogens with zero attached hydrogens (tertiary/aromatic N) is 3. The Bertz CT molecular complexity index is 815. The van der Waals surface area contributed by atoms with E-state index in [1.807, 2.05) is 19.2 Å². The average molecular weight is 389 g/mol. The summed E-state index contributed by atoms with van der Waals surface area (Å²) in [5.41, 5.74) is 1.27. The third kappa shape index (κ3) is 4.45. The maximum atomic E-state index is 12.6. The van der Waals surface area contributed by atoms with Crippen LogP contribution in [-0.4, -0.2) is 61.2 Å². The lowest BCUT2D eigenvalue weighted by atomic mass is 10.2. The molecule has 0 bridgehead atoms. The molecule has 7 nitrogen and oxygen atoms in total. The Morgan fingerprint density at radius 2 is 1.89 bits per heavy atom. The number of esters is 2. The maximum absolute atomic E-state index is 12.6. The molecular formula is C19H23N3O4S. The van der Waals surface area contributed by atoms with Gasteiger partial charge >= 0.3 is 11.9 Å². The van der Waals surface area contributed by atoms with E-state index >= 15 is 0 Å². The number of carbonyl (C=O) groups is 2. The van der Waals surface area contributed by atoms with Crippen LogP contribution in [0.5, 0.6) is 5.75 Å². The fourth-order valence-corrected chi connectivity index (χ4v) is 3.82. The van der Waals surface area contributed by atoms with Gasteiger partial charge < -0.3 is 14.4 Å². The van der Waals surface area contributed by atoms with Crippen molar-refractivity contribution in [3.05, 3.63) is 40.9 Å². The molecule has 3 rings (SSSR count). The molecule has 1 aliphatic heterocycles. The first-order valence-electron chi connectivity index (χ1n) is 8.79. The normalized spacial score (nSPS) is 16.0. The molecule has 0 N–H and O–H groups in total. The summed E-state index contributed by atoms with van der Waals surface area (Å²) in [6, 6.07) is 6.19. The van der Waals surface area contributed by atoms with Crippen molar-refractivity contribution in [2.75, 3.05) is 38.2 Å². The van der Waals surface area contributed by atoms with Crippen molar-refractivity contribution < 1.29 is 19.1 Å². The monoisotopic (exact) mass is 389 g/mol. The molecular weight excluding hydrogens is 366 g/mol. The topological polar surface area (TPSA) is 72.0 Å². The lowest BCUT2D eigenvalue weighted by Gasteiger charge is -2.36. The van der Waals surface area contributed by atoms with E-state index in [1.165, 1.54) is 7.11 Å². The van der Waals surface area contributed by atoms with E-state index in [-0.39, 0.29) is 17.3 Å². The molecule has 1 unspecified atom stereocenters. The van der Waals surface area contributed by atoms with E-state index in [2.05, 4.69) is 14.8 Å². The minimum atomic E-state index is -0.529. The molecule has 27 heavy (non-hydrogen) atoms. The van der Waals surface area contributed by atoms with Crippen molar-refractivity contribution in [2.45, 2.75) is 19.9 Å². The molecule has 1 aromatic carbocycles. The minimum absolute atomic E-state index is 0.220. The van der Waals surface area contributed by atoms with Crippen molar-refractivity contribution in [3.63, 3.8) is 0 Å². The number of anilines is 1. The Morgan fingerprint density at radius 3 is 2.52 bits per heavy atom. The summed E-state index contributed by atoms with van der Waals surface area (Å²) in [6.45, 7) is 6.92. The predicted molar refractivity (Wildman–Crippen MR) is 104 cm³/mol. The fourth-order valence-electron chi connectivity index (χ4n) is 2.96. The molecule has 0 spiro atoms. The van der Waals surface area contributed by atoms with E-state index in [0.29, 0.717) is 0 Å². The highest BCUT2D eigenvalue weighted by Crippen LogP contribution is 2.23. The third-order valence-electron chi connectivity index (χ3n) is 4.58. The van der Waals surface area contributed by atoms with Crippen LogP contribution in [0.15, 0.2) is 29.6 Å². The molecule has 0 aliphatic carbocycles. The summed E-state index contributed by atoms with van der Waals surface area (Å²) in [5.74, 6) is -0.693. The second-order valence-electron chi connectivity index (χ2n) is 6.38. The van der Waals surface area contributed by atoms with Crippen molar-refractivity contribution >= 4 is 28.4 Å². The van der Waals surface area contributed by atoms with E-state index in [1.54, 1.807) is 35.6 Å². The summed E-state index contributed by atoms with van der Waals surface area (Å²) in [6.07, 6.45) is 0. The molecule has 0 saturated carbocycles. The van der Waals surface area contributed by atoms with Gasteiger partial charge in [-0.25, -0.2) is 14.6 Å². The number of hydrogen-bond donors (Lipinski definition) is 0. The van der Waals surface area contributed by atoms with Gasteiger partial charge in [-0.3, -0.25) is 4.90 Å². The predicted octanol–water partition coefficient (Wildman–Crippen LogP) is 2.35. The van der Waals surface area contributed by atoms with Crippen molar-refractivity contribution in [1.82, 2.24) is 9.88 Å². The van der Waals surface area contributed by atoms with Crippen molar-refractivity contribution in [1.29, 1.82) is 0 Å². The first kappa shape index (κ1) is 19.3. The Labute approximate surface area is 162 Å². The lowest BCUT2D eigenvalue weighted by molar-refractivity contribution is -0.140. The Kier molecular flexibility index (Phi) is 6.08. The largest absolute Gasteiger partial charge is 0.465 e. The highest BCUT2D eigenvalue weighted by Gasteiger charge is 2.28. The SMILES string of the molecule is COC(=O)c1ccccc1OC(=O)C(C)N1CCN(c2nc(C)cs2)CC1. The number of benzene rings is 1. The average Bonchev–Trinajstić information content (AvgIpc) is 3.13. The van der Waals surface area contributed by atoms with Gasteiger partial charge in [0.05, 0.1) is 12.8 Å². The zero-order valence-corrected chi connectivity index (χ0v) is 16.5. The van der Waals surface area contributed by atoms with E-state index < -0.39 is 12.0 Å². The van der Waals surface area contributed by atoms with Gasteiger partial charge in [-0.1, -0.05) is 12.1 Å². The Hall–Kier alpha value is -2.45. The number of piperazine rings is 1. The van der Waals surface area contributed by atoms with Gasteiger partial charge in [-0.2, -0.15) is 0 Å². The summed E-state index contributed by atoms with van der Waals surface area (Å²) in [4.78, 5) is 33.3. The molecule has 1 aliphatic rings. The molecule has 1 saturated heterocycles. The number of ether oxygens (including phenoxy) is 2. The summed E-state index contributed by atoms with van der Waals surface area (Å²) >= 11 is 1.64. The molecule has 2 heterocycles. The molecule has 2 aromatic rings. The molecule has 0 radical (unpaired) electrons. The zero-order chi connectivity index (χ0) is 19.4. The van der Waals surface area contributed by atoms with Gasteiger partial charge in [0.2, 0.25) is 0 Å². The lowest BCUT2D eigenvalue weighted by Crippen LogP contribution is -2.52. The minimum Gasteiger partial charge on any atom is -0.465 e. The standard InChI is InChI=1S/C19H23N3O4S/c1-13-12-27-19(20-13)22-10-8-21(9-11-22)14(2)17(23)26-16-7-5-4-6-15(16)18(24)25-3/h4-7,12,14H,8-11H2,1-3H3. The van der Waals surface area contributed by atoms with Crippen LogP contribution in [0.3, 0.4) is 0 Å². The fraction of sp³-hybridized carbons (Fsp3) is 0.421. The highest BCUT2D eigenvalue weighted by molar-refractivity contribution is 7.13. The van der Waals surface area contributed by atoms with Gasteiger partial charge in [0.1, 0.15) is 17.4 Å². The van der Waals surface area contributed by atoms with E-state index in [0.717, 1.165) is 37.0 Å². The van der Waals surface area contributed by atoms with E-state index in [4.69, 9.17) is 9.47 Å². The van der Waals surface area contributed by atoms with Crippen LogP contribution in [-0.2, 0) is 9.53 Å². The molecule has 1 aromatic heterocycles. The number of thiazole rings is 1. The van der Waals surface area contributed by atoms with Gasteiger partial charge in [0.25, 0.3) is 0 Å². The van der Waals surface area contributed by atoms with Gasteiger partial charge in [0, 0.05) is 31.6 Å². The first-order chi connectivity index (χ1) is 13.0. The van der Waals surface area contributed by atoms with Crippen LogP contribution in [0.1, 0.15) is 23.0 Å². The summed E-state index contributed by atoms with van der Waals surface area (Å²) < 4.78 is 10.2. The van der Waals surface area contributed by atoms with Crippen LogP contribution in [0.4, 0.5) is 5.13 Å². The van der Waals surface area contributed by atoms with Crippen LogP contribution < -0.4 is 9.64 Å². The maximum Gasteiger partial charge on any atom is 0.341 e. The quantitative estimate of drug-likeness (QED) is 0.574. The van der Waals surface area contributed by atoms with Crippen LogP contribution in [0.25, 0.3) is 0 Å². The highest BCUT2D eigenvalue weighted by atomic mass is 32.1. The van der Waals surface area contributed by atoms with Gasteiger partial charge in [-0.05, 0) is 26.0 Å². The molecule has 8 heteroatoms. The number of aryl methyl sites for hydroxylation is 1. The Morgan fingerprint density at radius 1 is 1.19 bits per heavy atom. The number of aromatic nitrogens is 1. The van der Waals surface area contributed by atoms with Crippen LogP contribution in [0.2, 0.25) is 0 Å². The first-order valence-corrected chi connectivity index (χ1v) is 9.67.